The van der Waals surface area contributed by atoms with Crippen LogP contribution in [0, 0.1) is 0 Å². The van der Waals surface area contributed by atoms with Gasteiger partial charge in [0.15, 0.2) is 0 Å². The van der Waals surface area contributed by atoms with Crippen LogP contribution in [0.2, 0.25) is 0 Å². The van der Waals surface area contributed by atoms with Gasteiger partial charge in [0, 0.05) is 42.4 Å². The van der Waals surface area contributed by atoms with Crippen molar-refractivity contribution in [3.63, 3.8) is 0 Å². The van der Waals surface area contributed by atoms with Crippen LogP contribution in [0.4, 0.5) is 23.0 Å². The first kappa shape index (κ1) is 20.9. The van der Waals surface area contributed by atoms with Gasteiger partial charge in [-0.15, -0.1) is 0 Å². The van der Waals surface area contributed by atoms with Gasteiger partial charge in [-0.05, 0) is 30.3 Å². The zero-order valence-corrected chi connectivity index (χ0v) is 16.9. The van der Waals surface area contributed by atoms with E-state index in [1.54, 1.807) is 56.8 Å². The summed E-state index contributed by atoms with van der Waals surface area (Å²) in [5, 5.41) is 5.88. The lowest BCUT2D eigenvalue weighted by Crippen LogP contribution is -2.17. The number of benzene rings is 2. The van der Waals surface area contributed by atoms with Gasteiger partial charge in [-0.25, -0.2) is 9.97 Å². The number of ether oxygens (including phenoxy) is 3. The Labute approximate surface area is 174 Å². The van der Waals surface area contributed by atoms with Crippen LogP contribution in [0.25, 0.3) is 11.3 Å². The fourth-order valence-electron chi connectivity index (χ4n) is 2.79. The maximum Gasteiger partial charge on any atom is 0.250 e. The minimum Gasteiger partial charge on any atom is -0.497 e. The third kappa shape index (κ3) is 5.15. The van der Waals surface area contributed by atoms with Crippen LogP contribution in [0.1, 0.15) is 0 Å². The minimum atomic E-state index is -0.271. The molecule has 0 unspecified atom stereocenters. The van der Waals surface area contributed by atoms with Crippen LogP contribution in [0.5, 0.6) is 11.5 Å². The summed E-state index contributed by atoms with van der Waals surface area (Å²) < 4.78 is 15.3. The number of rotatable bonds is 8. The lowest BCUT2D eigenvalue weighted by Gasteiger charge is -2.12. The van der Waals surface area contributed by atoms with Crippen LogP contribution < -0.4 is 25.8 Å². The highest BCUT2D eigenvalue weighted by molar-refractivity contribution is 5.92. The lowest BCUT2D eigenvalue weighted by molar-refractivity contribution is -0.119. The van der Waals surface area contributed by atoms with E-state index in [2.05, 4.69) is 20.6 Å². The molecule has 0 bridgehead atoms. The van der Waals surface area contributed by atoms with Crippen LogP contribution in [0.15, 0.2) is 48.7 Å². The van der Waals surface area contributed by atoms with Crippen molar-refractivity contribution >= 4 is 28.9 Å². The van der Waals surface area contributed by atoms with Crippen molar-refractivity contribution in [1.82, 2.24) is 9.97 Å². The molecule has 0 aliphatic carbocycles. The SMILES string of the molecule is COCC(=O)Nc1cc(Nc2nccc(-c3ccc(OC)c(N)c3)n2)cc(OC)c1. The number of nitrogen functional groups attached to an aromatic ring is 1. The molecule has 1 aromatic heterocycles. The van der Waals surface area contributed by atoms with Crippen molar-refractivity contribution in [2.75, 3.05) is 44.3 Å². The normalized spacial score (nSPS) is 10.4. The van der Waals surface area contributed by atoms with E-state index < -0.39 is 0 Å². The third-order valence-corrected chi connectivity index (χ3v) is 4.14. The molecule has 3 aromatic rings. The van der Waals surface area contributed by atoms with Gasteiger partial charge in [-0.3, -0.25) is 4.79 Å². The summed E-state index contributed by atoms with van der Waals surface area (Å²) in [6, 6.07) is 12.5. The first-order valence-corrected chi connectivity index (χ1v) is 9.04. The fraction of sp³-hybridized carbons (Fsp3) is 0.190. The van der Waals surface area contributed by atoms with E-state index in [0.29, 0.717) is 40.2 Å². The van der Waals surface area contributed by atoms with E-state index in [9.17, 15) is 4.79 Å². The molecule has 0 saturated heterocycles. The lowest BCUT2D eigenvalue weighted by atomic mass is 10.1. The molecule has 4 N–H and O–H groups in total. The summed E-state index contributed by atoms with van der Waals surface area (Å²) in [5.74, 6) is 1.27. The molecule has 1 heterocycles. The first-order valence-electron chi connectivity index (χ1n) is 9.04. The predicted molar refractivity (Wildman–Crippen MR) is 115 cm³/mol. The quantitative estimate of drug-likeness (QED) is 0.486. The number of hydrogen-bond acceptors (Lipinski definition) is 8. The Balaban J connectivity index is 1.85. The van der Waals surface area contributed by atoms with Gasteiger partial charge >= 0.3 is 0 Å². The van der Waals surface area contributed by atoms with Crippen molar-refractivity contribution in [3.8, 4) is 22.8 Å². The highest BCUT2D eigenvalue weighted by atomic mass is 16.5. The number of nitrogens with one attached hydrogen (secondary N) is 2. The second kappa shape index (κ2) is 9.57. The Kier molecular flexibility index (Phi) is 6.66. The number of nitrogens with two attached hydrogens (primary N) is 1. The van der Waals surface area contributed by atoms with Crippen LogP contribution in [0.3, 0.4) is 0 Å². The summed E-state index contributed by atoms with van der Waals surface area (Å²) >= 11 is 0. The van der Waals surface area contributed by atoms with Gasteiger partial charge in [-0.1, -0.05) is 0 Å². The average Bonchev–Trinajstić information content (AvgIpc) is 2.73. The molecule has 1 amide bonds. The molecule has 0 aliphatic heterocycles. The number of methoxy groups -OCH3 is 3. The molecular weight excluding hydrogens is 386 g/mol. The number of amides is 1. The molecule has 2 aromatic carbocycles. The Morgan fingerprint density at radius 2 is 1.83 bits per heavy atom. The van der Waals surface area contributed by atoms with Gasteiger partial charge in [0.25, 0.3) is 0 Å². The number of aromatic nitrogens is 2. The van der Waals surface area contributed by atoms with E-state index in [4.69, 9.17) is 19.9 Å². The molecule has 9 nitrogen and oxygen atoms in total. The highest BCUT2D eigenvalue weighted by Crippen LogP contribution is 2.29. The number of hydrogen-bond donors (Lipinski definition) is 3. The molecule has 0 atom stereocenters. The smallest absolute Gasteiger partial charge is 0.250 e. The molecule has 0 radical (unpaired) electrons. The van der Waals surface area contributed by atoms with Crippen molar-refractivity contribution in [1.29, 1.82) is 0 Å². The van der Waals surface area contributed by atoms with Crippen molar-refractivity contribution in [2.45, 2.75) is 0 Å². The highest BCUT2D eigenvalue weighted by Gasteiger charge is 2.09. The molecule has 3 rings (SSSR count). The van der Waals surface area contributed by atoms with Gasteiger partial charge in [0.1, 0.15) is 18.1 Å². The van der Waals surface area contributed by atoms with Gasteiger partial charge in [0.05, 0.1) is 25.6 Å². The molecule has 30 heavy (non-hydrogen) atoms. The number of anilines is 4. The summed E-state index contributed by atoms with van der Waals surface area (Å²) in [4.78, 5) is 20.6. The summed E-state index contributed by atoms with van der Waals surface area (Å²) in [6.07, 6.45) is 1.65. The second-order valence-corrected chi connectivity index (χ2v) is 6.28. The van der Waals surface area contributed by atoms with Crippen LogP contribution in [-0.2, 0) is 9.53 Å². The Bertz CT molecular complexity index is 1040. The van der Waals surface area contributed by atoms with Gasteiger partial charge < -0.3 is 30.6 Å². The molecule has 0 aliphatic rings. The van der Waals surface area contributed by atoms with E-state index in [1.807, 2.05) is 6.07 Å². The maximum absolute atomic E-state index is 11.8. The summed E-state index contributed by atoms with van der Waals surface area (Å²) in [5.41, 5.74) is 9.24. The average molecular weight is 409 g/mol. The van der Waals surface area contributed by atoms with E-state index in [0.717, 1.165) is 5.56 Å². The van der Waals surface area contributed by atoms with E-state index in [1.165, 1.54) is 7.11 Å². The predicted octanol–water partition coefficient (Wildman–Crippen LogP) is 3.07. The third-order valence-electron chi connectivity index (χ3n) is 4.14. The molecule has 0 spiro atoms. The second-order valence-electron chi connectivity index (χ2n) is 6.28. The largest absolute Gasteiger partial charge is 0.497 e. The van der Waals surface area contributed by atoms with Crippen molar-refractivity contribution in [3.05, 3.63) is 48.7 Å². The van der Waals surface area contributed by atoms with E-state index >= 15 is 0 Å². The minimum absolute atomic E-state index is 0.0455. The number of nitrogens with zero attached hydrogens (tertiary/aromatic N) is 2. The summed E-state index contributed by atoms with van der Waals surface area (Å²) in [7, 11) is 4.57. The fourth-order valence-corrected chi connectivity index (χ4v) is 2.79. The monoisotopic (exact) mass is 409 g/mol. The molecule has 9 heteroatoms. The van der Waals surface area contributed by atoms with Crippen LogP contribution >= 0.6 is 0 Å². The molecule has 156 valence electrons. The molecular formula is C21H23N5O4. The number of carbonyl (C=O) groups is 1. The molecule has 0 fully saturated rings. The Morgan fingerprint density at radius 3 is 2.53 bits per heavy atom. The zero-order valence-electron chi connectivity index (χ0n) is 16.9. The summed E-state index contributed by atoms with van der Waals surface area (Å²) in [6.45, 7) is -0.0455. The topological polar surface area (TPSA) is 121 Å². The first-order chi connectivity index (χ1) is 14.5. The van der Waals surface area contributed by atoms with Crippen LogP contribution in [-0.4, -0.2) is 43.8 Å². The van der Waals surface area contributed by atoms with E-state index in [-0.39, 0.29) is 12.5 Å². The Morgan fingerprint density at radius 1 is 1.03 bits per heavy atom. The van der Waals surface area contributed by atoms with Gasteiger partial charge in [0.2, 0.25) is 11.9 Å². The Hall–Kier alpha value is -3.85. The zero-order chi connectivity index (χ0) is 21.5. The molecule has 0 saturated carbocycles. The number of carbonyl (C=O) groups excluding carboxylic acids is 1. The maximum atomic E-state index is 11.8. The van der Waals surface area contributed by atoms with Gasteiger partial charge in [-0.2, -0.15) is 0 Å². The van der Waals surface area contributed by atoms with Crippen molar-refractivity contribution in [2.24, 2.45) is 0 Å². The standard InChI is InChI=1S/C21H23N5O4/c1-28-12-20(27)24-14-9-15(11-16(10-14)29-2)25-21-23-7-6-18(26-21)13-4-5-19(30-3)17(22)8-13/h4-11H,12,22H2,1-3H3,(H,24,27)(H,23,25,26). The van der Waals surface area contributed by atoms with Crippen molar-refractivity contribution < 1.29 is 19.0 Å².